The molecule has 1 unspecified atom stereocenters. The normalized spacial score (nSPS) is 21.4. The Morgan fingerprint density at radius 3 is 2.10 bits per heavy atom. The Balaban J connectivity index is 1.19. The first-order chi connectivity index (χ1) is 24.2. The smallest absolute Gasteiger partial charge is 0.271 e. The number of benzene rings is 5. The summed E-state index contributed by atoms with van der Waals surface area (Å²) < 4.78 is 17.8. The summed E-state index contributed by atoms with van der Waals surface area (Å²) in [6, 6.07) is 35.0. The Hall–Kier alpha value is -6.07. The molecule has 0 saturated carbocycles. The number of nitriles is 1. The SMILES string of the molecule is COc1ccc(N2C(=O)[C@H](Oc3ccc(C4C(C#N)=C(N)OC5=C4C(=O)CC(C)(C)C5)cc3)[C@@H]2c2c3ccccc3cc3ccccc23)cc1. The van der Waals surface area contributed by atoms with Crippen molar-refractivity contribution in [3.8, 4) is 17.6 Å². The highest BCUT2D eigenvalue weighted by atomic mass is 16.5. The minimum atomic E-state index is -0.818. The molecule has 0 radical (unpaired) electrons. The van der Waals surface area contributed by atoms with Gasteiger partial charge in [-0.3, -0.25) is 14.5 Å². The molecule has 1 fully saturated rings. The second kappa shape index (κ2) is 11.8. The van der Waals surface area contributed by atoms with Crippen molar-refractivity contribution in [1.82, 2.24) is 0 Å². The van der Waals surface area contributed by atoms with E-state index in [4.69, 9.17) is 19.9 Å². The van der Waals surface area contributed by atoms with Gasteiger partial charge in [-0.05, 0) is 80.6 Å². The number of allylic oxidation sites excluding steroid dienone is 3. The number of Topliss-reactive ketones (excluding diaryl/α,β-unsaturated/α-hetero) is 1. The molecule has 8 heteroatoms. The van der Waals surface area contributed by atoms with Crippen LogP contribution in [0.5, 0.6) is 11.5 Å². The Labute approximate surface area is 290 Å². The molecule has 0 bridgehead atoms. The van der Waals surface area contributed by atoms with Crippen LogP contribution in [0.1, 0.15) is 49.8 Å². The molecule has 3 aliphatic rings. The number of carbonyl (C=O) groups excluding carboxylic acids is 2. The fraction of sp³-hybridized carbons (Fsp3) is 0.214. The lowest BCUT2D eigenvalue weighted by Gasteiger charge is -2.47. The molecular weight excluding hydrogens is 626 g/mol. The molecule has 1 amide bonds. The summed E-state index contributed by atoms with van der Waals surface area (Å²) in [5, 5.41) is 14.3. The second-order valence-electron chi connectivity index (χ2n) is 13.9. The van der Waals surface area contributed by atoms with Gasteiger partial charge in [0, 0.05) is 24.1 Å². The summed E-state index contributed by atoms with van der Waals surface area (Å²) in [5.41, 5.74) is 9.12. The first kappa shape index (κ1) is 31.2. The second-order valence-corrected chi connectivity index (χ2v) is 13.9. The van der Waals surface area contributed by atoms with Crippen LogP contribution in [0.25, 0.3) is 21.5 Å². The van der Waals surface area contributed by atoms with Crippen LogP contribution < -0.4 is 20.1 Å². The van der Waals surface area contributed by atoms with Crippen LogP contribution in [0.2, 0.25) is 0 Å². The van der Waals surface area contributed by atoms with Crippen molar-refractivity contribution >= 4 is 38.9 Å². The Kier molecular flexibility index (Phi) is 7.37. The van der Waals surface area contributed by atoms with E-state index in [1.54, 1.807) is 24.1 Å². The lowest BCUT2D eigenvalue weighted by molar-refractivity contribution is -0.134. The third-order valence-corrected chi connectivity index (χ3v) is 10.1. The summed E-state index contributed by atoms with van der Waals surface area (Å²) in [4.78, 5) is 29.4. The molecule has 2 aliphatic heterocycles. The molecule has 5 aromatic rings. The van der Waals surface area contributed by atoms with Gasteiger partial charge in [0.15, 0.2) is 5.78 Å². The van der Waals surface area contributed by atoms with E-state index in [1.807, 2.05) is 74.5 Å². The van der Waals surface area contributed by atoms with E-state index in [9.17, 15) is 14.9 Å². The molecule has 2 heterocycles. The summed E-state index contributed by atoms with van der Waals surface area (Å²) in [7, 11) is 1.61. The quantitative estimate of drug-likeness (QED) is 0.145. The summed E-state index contributed by atoms with van der Waals surface area (Å²) in [6.07, 6.45) is 0.0793. The predicted octanol–water partition coefficient (Wildman–Crippen LogP) is 7.99. The van der Waals surface area contributed by atoms with Crippen LogP contribution >= 0.6 is 0 Å². The van der Waals surface area contributed by atoms with Crippen molar-refractivity contribution in [2.75, 3.05) is 12.0 Å². The van der Waals surface area contributed by atoms with E-state index in [2.05, 4.69) is 36.4 Å². The van der Waals surface area contributed by atoms with Gasteiger partial charge in [-0.2, -0.15) is 5.26 Å². The van der Waals surface area contributed by atoms with Crippen molar-refractivity contribution in [2.24, 2.45) is 11.1 Å². The molecule has 2 N–H and O–H groups in total. The average molecular weight is 662 g/mol. The molecule has 0 spiro atoms. The first-order valence-corrected chi connectivity index (χ1v) is 16.7. The summed E-state index contributed by atoms with van der Waals surface area (Å²) in [6.45, 7) is 4.04. The molecule has 8 nitrogen and oxygen atoms in total. The zero-order chi connectivity index (χ0) is 34.7. The lowest BCUT2D eigenvalue weighted by Crippen LogP contribution is -2.61. The van der Waals surface area contributed by atoms with Crippen LogP contribution in [0.3, 0.4) is 0 Å². The van der Waals surface area contributed by atoms with E-state index in [0.717, 1.165) is 38.4 Å². The molecule has 1 aliphatic carbocycles. The van der Waals surface area contributed by atoms with Crippen LogP contribution in [0, 0.1) is 16.7 Å². The number of nitrogens with zero attached hydrogens (tertiary/aromatic N) is 2. The third-order valence-electron chi connectivity index (χ3n) is 10.1. The molecule has 8 rings (SSSR count). The van der Waals surface area contributed by atoms with Gasteiger partial charge < -0.3 is 19.9 Å². The van der Waals surface area contributed by atoms with E-state index >= 15 is 0 Å². The highest BCUT2D eigenvalue weighted by Gasteiger charge is 2.52. The summed E-state index contributed by atoms with van der Waals surface area (Å²) >= 11 is 0. The first-order valence-electron chi connectivity index (χ1n) is 16.7. The van der Waals surface area contributed by atoms with Crippen LogP contribution in [-0.2, 0) is 14.3 Å². The van der Waals surface area contributed by atoms with Crippen molar-refractivity contribution < 1.29 is 23.8 Å². The number of nitrogens with two attached hydrogens (primary N) is 1. The average Bonchev–Trinajstić information content (AvgIpc) is 3.11. The number of hydrogen-bond donors (Lipinski definition) is 1. The number of β-lactam (4-membered cyclic amide) rings is 1. The number of methoxy groups -OCH3 is 1. The standard InChI is InChI=1S/C42H35N3O5/c1-42(2)21-33(46)37-34(22-42)50-40(44)32(23-43)35(37)24-12-16-29(17-13-24)49-39-38(45(41(39)47)27-14-18-28(48-3)19-15-27)36-30-10-6-4-8-25(30)20-26-9-5-7-11-31(26)36/h4-20,35,38-39H,21-22,44H2,1-3H3/t35?,38-,39+/m0/s1. The van der Waals surface area contributed by atoms with Crippen LogP contribution in [0.4, 0.5) is 5.69 Å². The largest absolute Gasteiger partial charge is 0.497 e. The highest BCUT2D eigenvalue weighted by molar-refractivity contribution is 6.10. The number of amides is 1. The fourth-order valence-corrected chi connectivity index (χ4v) is 7.76. The molecule has 3 atom stereocenters. The number of carbonyl (C=O) groups is 2. The van der Waals surface area contributed by atoms with Gasteiger partial charge in [0.25, 0.3) is 5.91 Å². The van der Waals surface area contributed by atoms with Gasteiger partial charge >= 0.3 is 0 Å². The van der Waals surface area contributed by atoms with E-state index < -0.39 is 18.1 Å². The highest BCUT2D eigenvalue weighted by Crippen LogP contribution is 2.49. The number of fused-ring (bicyclic) bond motifs is 2. The number of rotatable bonds is 6. The molecular formula is C42H35N3O5. The number of ketones is 1. The van der Waals surface area contributed by atoms with Crippen molar-refractivity contribution in [2.45, 2.75) is 44.8 Å². The molecule has 248 valence electrons. The lowest BCUT2D eigenvalue weighted by atomic mass is 9.70. The van der Waals surface area contributed by atoms with Crippen molar-refractivity contribution in [1.29, 1.82) is 5.26 Å². The maximum Gasteiger partial charge on any atom is 0.271 e. The zero-order valence-corrected chi connectivity index (χ0v) is 28.0. The molecule has 5 aromatic carbocycles. The predicted molar refractivity (Wildman–Crippen MR) is 191 cm³/mol. The maximum atomic E-state index is 14.1. The molecule has 1 saturated heterocycles. The van der Waals surface area contributed by atoms with Crippen molar-refractivity contribution in [3.63, 3.8) is 0 Å². The zero-order valence-electron chi connectivity index (χ0n) is 28.0. The molecule has 0 aromatic heterocycles. The van der Waals surface area contributed by atoms with Crippen LogP contribution in [0.15, 0.2) is 126 Å². The molecule has 50 heavy (non-hydrogen) atoms. The van der Waals surface area contributed by atoms with Gasteiger partial charge in [-0.1, -0.05) is 74.5 Å². The van der Waals surface area contributed by atoms with Gasteiger partial charge in [0.1, 0.15) is 34.9 Å². The van der Waals surface area contributed by atoms with Gasteiger partial charge in [-0.25, -0.2) is 0 Å². The minimum absolute atomic E-state index is 0.0194. The van der Waals surface area contributed by atoms with Gasteiger partial charge in [0.05, 0.1) is 13.0 Å². The third kappa shape index (κ3) is 5.05. The van der Waals surface area contributed by atoms with E-state index in [0.29, 0.717) is 35.7 Å². The van der Waals surface area contributed by atoms with E-state index in [-0.39, 0.29) is 28.6 Å². The number of hydrogen-bond acceptors (Lipinski definition) is 7. The number of ether oxygens (including phenoxy) is 3. The minimum Gasteiger partial charge on any atom is -0.497 e. The Morgan fingerprint density at radius 2 is 1.48 bits per heavy atom. The van der Waals surface area contributed by atoms with E-state index in [1.165, 1.54) is 0 Å². The van der Waals surface area contributed by atoms with Gasteiger partial charge in [-0.15, -0.1) is 0 Å². The fourth-order valence-electron chi connectivity index (χ4n) is 7.76. The maximum absolute atomic E-state index is 14.1. The van der Waals surface area contributed by atoms with Crippen molar-refractivity contribution in [3.05, 3.63) is 137 Å². The Morgan fingerprint density at radius 1 is 0.860 bits per heavy atom. The van der Waals surface area contributed by atoms with Gasteiger partial charge in [0.2, 0.25) is 12.0 Å². The summed E-state index contributed by atoms with van der Waals surface area (Å²) in [5.74, 6) is 0.867. The number of anilines is 1. The topological polar surface area (TPSA) is 115 Å². The monoisotopic (exact) mass is 661 g/mol. The van der Waals surface area contributed by atoms with Crippen LogP contribution in [-0.4, -0.2) is 24.9 Å². The Bertz CT molecular complexity index is 2260.